The fourth-order valence-corrected chi connectivity index (χ4v) is 2.96. The maximum absolute atomic E-state index is 13.6. The summed E-state index contributed by atoms with van der Waals surface area (Å²) in [5.41, 5.74) is 1.03. The topological polar surface area (TPSA) is 60.3 Å². The van der Waals surface area contributed by atoms with E-state index in [4.69, 9.17) is 4.74 Å². The summed E-state index contributed by atoms with van der Waals surface area (Å²) in [5, 5.41) is 3.33. The third kappa shape index (κ3) is 3.97. The number of amides is 1. The number of nitrogens with one attached hydrogen (secondary N) is 1. The number of nitrogens with zero attached hydrogens (tertiary/aromatic N) is 1. The van der Waals surface area contributed by atoms with E-state index in [1.165, 1.54) is 25.3 Å². The highest BCUT2D eigenvalue weighted by Crippen LogP contribution is 2.22. The Morgan fingerprint density at radius 2 is 1.78 bits per heavy atom. The highest BCUT2D eigenvalue weighted by Gasteiger charge is 2.16. The molecular formula is C20H18F2N2O3. The zero-order valence-corrected chi connectivity index (χ0v) is 14.7. The zero-order chi connectivity index (χ0) is 19.4. The second-order valence-electron chi connectivity index (χ2n) is 5.98. The maximum Gasteiger partial charge on any atom is 0.340 e. The van der Waals surface area contributed by atoms with Gasteiger partial charge in [0, 0.05) is 29.2 Å². The second kappa shape index (κ2) is 7.99. The first-order valence-electron chi connectivity index (χ1n) is 8.37. The highest BCUT2D eigenvalue weighted by molar-refractivity contribution is 6.04. The van der Waals surface area contributed by atoms with Crippen LogP contribution in [0.15, 0.2) is 48.7 Å². The van der Waals surface area contributed by atoms with E-state index in [0.717, 1.165) is 0 Å². The normalized spacial score (nSPS) is 10.8. The van der Waals surface area contributed by atoms with Crippen molar-refractivity contribution in [3.05, 3.63) is 71.4 Å². The van der Waals surface area contributed by atoms with E-state index in [2.05, 4.69) is 5.32 Å². The predicted molar refractivity (Wildman–Crippen MR) is 96.3 cm³/mol. The molecule has 1 amide bonds. The molecule has 0 unspecified atom stereocenters. The number of carbonyl (C=O) groups is 2. The molecule has 1 aromatic heterocycles. The zero-order valence-electron chi connectivity index (χ0n) is 14.7. The summed E-state index contributed by atoms with van der Waals surface area (Å²) >= 11 is 0. The van der Waals surface area contributed by atoms with Crippen LogP contribution in [-0.4, -0.2) is 30.1 Å². The number of para-hydroxylation sites is 1. The standard InChI is InChI=1S/C20H18F2N2O3/c1-27-20(26)15-11-24(18-8-3-2-5-13(15)18)12-19(25)23-10-9-14-16(21)6-4-7-17(14)22/h2-8,11H,9-10,12H2,1H3,(H,23,25). The lowest BCUT2D eigenvalue weighted by Gasteiger charge is -2.08. The van der Waals surface area contributed by atoms with E-state index in [1.807, 2.05) is 0 Å². The van der Waals surface area contributed by atoms with E-state index in [9.17, 15) is 18.4 Å². The number of halogens is 2. The summed E-state index contributed by atoms with van der Waals surface area (Å²) < 4.78 is 33.6. The molecule has 0 spiro atoms. The van der Waals surface area contributed by atoms with Crippen molar-refractivity contribution in [3.8, 4) is 0 Å². The number of benzene rings is 2. The van der Waals surface area contributed by atoms with Gasteiger partial charge in [-0.3, -0.25) is 4.79 Å². The SMILES string of the molecule is COC(=O)c1cn(CC(=O)NCCc2c(F)cccc2F)c2ccccc12. The van der Waals surface area contributed by atoms with Gasteiger partial charge in [-0.2, -0.15) is 0 Å². The molecule has 3 aromatic rings. The number of hydrogen-bond donors (Lipinski definition) is 1. The molecule has 0 bridgehead atoms. The summed E-state index contributed by atoms with van der Waals surface area (Å²) in [7, 11) is 1.29. The molecule has 0 aliphatic rings. The Bertz CT molecular complexity index is 978. The van der Waals surface area contributed by atoms with Crippen LogP contribution in [0.3, 0.4) is 0 Å². The number of rotatable bonds is 6. The summed E-state index contributed by atoms with van der Waals surface area (Å²) in [6, 6.07) is 10.8. The molecule has 7 heteroatoms. The predicted octanol–water partition coefficient (Wildman–Crippen LogP) is 3.07. The molecule has 0 atom stereocenters. The minimum atomic E-state index is -0.636. The molecular weight excluding hydrogens is 354 g/mol. The van der Waals surface area contributed by atoms with Crippen LogP contribution >= 0.6 is 0 Å². The van der Waals surface area contributed by atoms with Gasteiger partial charge in [0.05, 0.1) is 12.7 Å². The van der Waals surface area contributed by atoms with E-state index >= 15 is 0 Å². The Hall–Kier alpha value is -3.22. The van der Waals surface area contributed by atoms with Crippen LogP contribution in [0.4, 0.5) is 8.78 Å². The van der Waals surface area contributed by atoms with Gasteiger partial charge in [-0.05, 0) is 24.6 Å². The van der Waals surface area contributed by atoms with Gasteiger partial charge in [-0.25, -0.2) is 13.6 Å². The summed E-state index contributed by atoms with van der Waals surface area (Å²) in [6.07, 6.45) is 1.61. The number of aromatic nitrogens is 1. The quantitative estimate of drug-likeness (QED) is 0.677. The van der Waals surface area contributed by atoms with Crippen molar-refractivity contribution in [1.82, 2.24) is 9.88 Å². The first-order chi connectivity index (χ1) is 13.0. The first-order valence-corrected chi connectivity index (χ1v) is 8.37. The van der Waals surface area contributed by atoms with E-state index in [0.29, 0.717) is 16.5 Å². The molecule has 27 heavy (non-hydrogen) atoms. The third-order valence-electron chi connectivity index (χ3n) is 4.27. The molecule has 0 aliphatic carbocycles. The number of esters is 1. The number of ether oxygens (including phenoxy) is 1. The summed E-state index contributed by atoms with van der Waals surface area (Å²) in [4.78, 5) is 24.1. The van der Waals surface area contributed by atoms with Crippen LogP contribution in [0.1, 0.15) is 15.9 Å². The van der Waals surface area contributed by atoms with Crippen LogP contribution in [0.5, 0.6) is 0 Å². The Labute approximate surface area is 154 Å². The minimum absolute atomic E-state index is 0.0305. The van der Waals surface area contributed by atoms with Crippen LogP contribution in [0.2, 0.25) is 0 Å². The lowest BCUT2D eigenvalue weighted by atomic mass is 10.1. The molecule has 0 fully saturated rings. The molecule has 0 aliphatic heterocycles. The van der Waals surface area contributed by atoms with Crippen molar-refractivity contribution < 1.29 is 23.1 Å². The average molecular weight is 372 g/mol. The Kier molecular flexibility index (Phi) is 5.49. The third-order valence-corrected chi connectivity index (χ3v) is 4.27. The fraction of sp³-hybridized carbons (Fsp3) is 0.200. The number of fused-ring (bicyclic) bond motifs is 1. The number of carbonyl (C=O) groups excluding carboxylic acids is 2. The van der Waals surface area contributed by atoms with E-state index in [1.54, 1.807) is 35.0 Å². The van der Waals surface area contributed by atoms with Crippen molar-refractivity contribution in [2.45, 2.75) is 13.0 Å². The number of methoxy groups -OCH3 is 1. The Balaban J connectivity index is 1.69. The van der Waals surface area contributed by atoms with Gasteiger partial charge in [0.15, 0.2) is 0 Å². The van der Waals surface area contributed by atoms with E-state index < -0.39 is 17.6 Å². The molecule has 2 aromatic carbocycles. The van der Waals surface area contributed by atoms with Crippen molar-refractivity contribution in [2.24, 2.45) is 0 Å². The van der Waals surface area contributed by atoms with Gasteiger partial charge >= 0.3 is 5.97 Å². The largest absolute Gasteiger partial charge is 0.465 e. The Morgan fingerprint density at radius 3 is 2.48 bits per heavy atom. The minimum Gasteiger partial charge on any atom is -0.465 e. The highest BCUT2D eigenvalue weighted by atomic mass is 19.1. The average Bonchev–Trinajstić information content (AvgIpc) is 3.02. The lowest BCUT2D eigenvalue weighted by Crippen LogP contribution is -2.29. The first kappa shape index (κ1) is 18.6. The van der Waals surface area contributed by atoms with Gasteiger partial charge in [-0.15, -0.1) is 0 Å². The maximum atomic E-state index is 13.6. The van der Waals surface area contributed by atoms with Gasteiger partial charge < -0.3 is 14.6 Å². The molecule has 140 valence electrons. The van der Waals surface area contributed by atoms with Crippen LogP contribution in [-0.2, 0) is 22.5 Å². The van der Waals surface area contributed by atoms with Crippen LogP contribution < -0.4 is 5.32 Å². The van der Waals surface area contributed by atoms with Gasteiger partial charge in [0.2, 0.25) is 5.91 Å². The molecule has 1 heterocycles. The Morgan fingerprint density at radius 1 is 1.07 bits per heavy atom. The fourth-order valence-electron chi connectivity index (χ4n) is 2.96. The molecule has 0 saturated carbocycles. The molecule has 0 saturated heterocycles. The van der Waals surface area contributed by atoms with Gasteiger partial charge in [-0.1, -0.05) is 24.3 Å². The summed E-state index contributed by atoms with van der Waals surface area (Å²) in [5.74, 6) is -2.09. The molecule has 0 radical (unpaired) electrons. The summed E-state index contributed by atoms with van der Waals surface area (Å²) in [6.45, 7) is 0.0665. The van der Waals surface area contributed by atoms with Gasteiger partial charge in [0.25, 0.3) is 0 Å². The van der Waals surface area contributed by atoms with Crippen molar-refractivity contribution in [1.29, 1.82) is 0 Å². The van der Waals surface area contributed by atoms with E-state index in [-0.39, 0.29) is 31.0 Å². The lowest BCUT2D eigenvalue weighted by molar-refractivity contribution is -0.121. The van der Waals surface area contributed by atoms with Crippen LogP contribution in [0.25, 0.3) is 10.9 Å². The molecule has 1 N–H and O–H groups in total. The van der Waals surface area contributed by atoms with Crippen molar-refractivity contribution in [2.75, 3.05) is 13.7 Å². The monoisotopic (exact) mass is 372 g/mol. The molecule has 3 rings (SSSR count). The smallest absolute Gasteiger partial charge is 0.340 e. The van der Waals surface area contributed by atoms with Gasteiger partial charge in [0.1, 0.15) is 18.2 Å². The van der Waals surface area contributed by atoms with Crippen molar-refractivity contribution in [3.63, 3.8) is 0 Å². The molecule has 5 nitrogen and oxygen atoms in total. The number of hydrogen-bond acceptors (Lipinski definition) is 3. The van der Waals surface area contributed by atoms with Crippen LogP contribution in [0, 0.1) is 11.6 Å². The second-order valence-corrected chi connectivity index (χ2v) is 5.98. The van der Waals surface area contributed by atoms with Crippen molar-refractivity contribution >= 4 is 22.8 Å².